The quantitative estimate of drug-likeness (QED) is 0.0345. The van der Waals surface area contributed by atoms with Gasteiger partial charge < -0.3 is 14.2 Å². The van der Waals surface area contributed by atoms with Crippen LogP contribution in [0, 0.1) is 11.8 Å². The van der Waals surface area contributed by atoms with Gasteiger partial charge in [0.25, 0.3) is 0 Å². The smallest absolute Gasteiger partial charge is 0.306 e. The van der Waals surface area contributed by atoms with Crippen LogP contribution >= 0.6 is 0 Å². The van der Waals surface area contributed by atoms with Crippen LogP contribution in [0.25, 0.3) is 0 Å². The zero-order valence-corrected chi connectivity index (χ0v) is 40.4. The summed E-state index contributed by atoms with van der Waals surface area (Å²) in [5, 5.41) is 0. The molecular formula is C53H102O6. The summed E-state index contributed by atoms with van der Waals surface area (Å²) in [6, 6.07) is 0. The van der Waals surface area contributed by atoms with Gasteiger partial charge in [0, 0.05) is 19.3 Å². The van der Waals surface area contributed by atoms with Gasteiger partial charge in [-0.25, -0.2) is 0 Å². The Kier molecular flexibility index (Phi) is 44.7. The van der Waals surface area contributed by atoms with E-state index in [-0.39, 0.29) is 31.1 Å². The minimum absolute atomic E-state index is 0.0635. The van der Waals surface area contributed by atoms with Crippen LogP contribution in [0.4, 0.5) is 0 Å². The first kappa shape index (κ1) is 57.4. The lowest BCUT2D eigenvalue weighted by Crippen LogP contribution is -2.30. The molecule has 0 amide bonds. The van der Waals surface area contributed by atoms with Gasteiger partial charge in [0.05, 0.1) is 0 Å². The average molecular weight is 835 g/mol. The molecule has 0 fully saturated rings. The molecule has 0 saturated carbocycles. The van der Waals surface area contributed by atoms with Crippen LogP contribution in [0.3, 0.4) is 0 Å². The van der Waals surface area contributed by atoms with E-state index in [4.69, 9.17) is 14.2 Å². The highest BCUT2D eigenvalue weighted by Gasteiger charge is 2.19. The summed E-state index contributed by atoms with van der Waals surface area (Å²) in [5.74, 6) is 0.822. The molecule has 0 spiro atoms. The van der Waals surface area contributed by atoms with Crippen LogP contribution < -0.4 is 0 Å². The second-order valence-corrected chi connectivity index (χ2v) is 19.1. The second kappa shape index (κ2) is 45.9. The van der Waals surface area contributed by atoms with Gasteiger partial charge in [-0.15, -0.1) is 0 Å². The summed E-state index contributed by atoms with van der Waals surface area (Å²) in [6.45, 7) is 11.4. The highest BCUT2D eigenvalue weighted by atomic mass is 16.6. The molecule has 6 heteroatoms. The Bertz CT molecular complexity index is 900. The van der Waals surface area contributed by atoms with Crippen LogP contribution in [0.5, 0.6) is 0 Å². The van der Waals surface area contributed by atoms with Gasteiger partial charge in [-0.2, -0.15) is 0 Å². The molecule has 0 heterocycles. The lowest BCUT2D eigenvalue weighted by Gasteiger charge is -2.18. The summed E-state index contributed by atoms with van der Waals surface area (Å²) in [6.07, 6.45) is 46.6. The molecule has 0 unspecified atom stereocenters. The fourth-order valence-electron chi connectivity index (χ4n) is 7.99. The maximum atomic E-state index is 12.8. The molecule has 0 radical (unpaired) electrons. The maximum absolute atomic E-state index is 12.8. The molecule has 6 nitrogen and oxygen atoms in total. The van der Waals surface area contributed by atoms with E-state index < -0.39 is 6.10 Å². The highest BCUT2D eigenvalue weighted by Crippen LogP contribution is 2.17. The molecule has 350 valence electrons. The lowest BCUT2D eigenvalue weighted by atomic mass is 10.0. The predicted octanol–water partition coefficient (Wildman–Crippen LogP) is 16.9. The Morgan fingerprint density at radius 1 is 0.322 bits per heavy atom. The fraction of sp³-hybridized carbons (Fsp3) is 0.943. The second-order valence-electron chi connectivity index (χ2n) is 19.1. The van der Waals surface area contributed by atoms with E-state index in [1.165, 1.54) is 180 Å². The third kappa shape index (κ3) is 47.3. The van der Waals surface area contributed by atoms with Crippen molar-refractivity contribution in [2.45, 2.75) is 298 Å². The molecule has 0 aliphatic carbocycles. The lowest BCUT2D eigenvalue weighted by molar-refractivity contribution is -0.167. The van der Waals surface area contributed by atoms with Gasteiger partial charge in [-0.3, -0.25) is 14.4 Å². The number of carbonyl (C=O) groups excluding carboxylic acids is 3. The molecule has 0 aromatic carbocycles. The summed E-state index contributed by atoms with van der Waals surface area (Å²) in [4.78, 5) is 37.9. The summed E-state index contributed by atoms with van der Waals surface area (Å²) in [5.41, 5.74) is 0. The summed E-state index contributed by atoms with van der Waals surface area (Å²) < 4.78 is 16.8. The van der Waals surface area contributed by atoms with Gasteiger partial charge in [0.2, 0.25) is 0 Å². The number of ether oxygens (including phenoxy) is 3. The van der Waals surface area contributed by atoms with Gasteiger partial charge in [0.1, 0.15) is 13.2 Å². The Labute approximate surface area is 368 Å². The molecule has 0 aromatic rings. The third-order valence-corrected chi connectivity index (χ3v) is 12.0. The molecule has 0 aromatic heterocycles. The molecule has 0 bridgehead atoms. The van der Waals surface area contributed by atoms with Gasteiger partial charge in [0.15, 0.2) is 6.10 Å². The Morgan fingerprint density at radius 3 is 0.831 bits per heavy atom. The molecule has 0 N–H and O–H groups in total. The first-order valence-electron chi connectivity index (χ1n) is 26.2. The number of hydrogen-bond donors (Lipinski definition) is 0. The average Bonchev–Trinajstić information content (AvgIpc) is 3.20. The largest absolute Gasteiger partial charge is 0.462 e. The van der Waals surface area contributed by atoms with Crippen molar-refractivity contribution >= 4 is 17.9 Å². The third-order valence-electron chi connectivity index (χ3n) is 12.0. The summed E-state index contributed by atoms with van der Waals surface area (Å²) in [7, 11) is 0. The van der Waals surface area contributed by atoms with E-state index in [2.05, 4.69) is 34.6 Å². The van der Waals surface area contributed by atoms with Crippen LogP contribution in [0.2, 0.25) is 0 Å². The van der Waals surface area contributed by atoms with Crippen molar-refractivity contribution in [3.8, 4) is 0 Å². The monoisotopic (exact) mass is 835 g/mol. The van der Waals surface area contributed by atoms with Crippen LogP contribution in [-0.2, 0) is 28.6 Å². The first-order valence-corrected chi connectivity index (χ1v) is 26.2. The van der Waals surface area contributed by atoms with Crippen molar-refractivity contribution < 1.29 is 28.6 Å². The van der Waals surface area contributed by atoms with Crippen molar-refractivity contribution in [3.05, 3.63) is 0 Å². The topological polar surface area (TPSA) is 78.9 Å². The zero-order valence-electron chi connectivity index (χ0n) is 40.4. The Morgan fingerprint density at radius 2 is 0.559 bits per heavy atom. The van der Waals surface area contributed by atoms with Crippen molar-refractivity contribution in [1.82, 2.24) is 0 Å². The SMILES string of the molecule is CCCCCCCCCCCCC(=O)OC[C@H](COC(=O)CCCCCCCCCCCCCCCCC(C)C)OC(=O)CCCCCCCCCCCCCC(C)C. The van der Waals surface area contributed by atoms with E-state index in [1.807, 2.05) is 0 Å². The molecule has 59 heavy (non-hydrogen) atoms. The van der Waals surface area contributed by atoms with E-state index in [1.54, 1.807) is 0 Å². The standard InChI is InChI=1S/C53H102O6/c1-6-7-8-9-10-11-23-28-33-38-43-51(54)57-46-50(59-53(56)45-40-35-30-25-20-16-18-22-27-32-37-42-49(4)5)47-58-52(55)44-39-34-29-24-19-15-13-12-14-17-21-26-31-36-41-48(2)3/h48-50H,6-47H2,1-5H3/t50-/m1/s1. The Hall–Kier alpha value is -1.59. The van der Waals surface area contributed by atoms with Gasteiger partial charge in [-0.1, -0.05) is 253 Å². The number of carbonyl (C=O) groups is 3. The first-order chi connectivity index (χ1) is 28.7. The van der Waals surface area contributed by atoms with Gasteiger partial charge in [-0.05, 0) is 31.1 Å². The van der Waals surface area contributed by atoms with Crippen LogP contribution in [-0.4, -0.2) is 37.2 Å². The minimum Gasteiger partial charge on any atom is -0.462 e. The van der Waals surface area contributed by atoms with E-state index >= 15 is 0 Å². The van der Waals surface area contributed by atoms with Crippen molar-refractivity contribution in [3.63, 3.8) is 0 Å². The fourth-order valence-corrected chi connectivity index (χ4v) is 7.99. The molecule has 0 aliphatic heterocycles. The number of rotatable bonds is 47. The molecule has 0 saturated heterocycles. The van der Waals surface area contributed by atoms with Gasteiger partial charge >= 0.3 is 17.9 Å². The predicted molar refractivity (Wildman–Crippen MR) is 252 cm³/mol. The molecular weight excluding hydrogens is 733 g/mol. The molecule has 0 rings (SSSR count). The summed E-state index contributed by atoms with van der Waals surface area (Å²) >= 11 is 0. The number of esters is 3. The normalized spacial score (nSPS) is 12.1. The number of hydrogen-bond acceptors (Lipinski definition) is 6. The van der Waals surface area contributed by atoms with Crippen molar-refractivity contribution in [1.29, 1.82) is 0 Å². The van der Waals surface area contributed by atoms with E-state index in [0.717, 1.165) is 69.6 Å². The van der Waals surface area contributed by atoms with Crippen molar-refractivity contribution in [2.24, 2.45) is 11.8 Å². The van der Waals surface area contributed by atoms with Crippen LogP contribution in [0.1, 0.15) is 291 Å². The molecule has 0 aliphatic rings. The highest BCUT2D eigenvalue weighted by molar-refractivity contribution is 5.71. The van der Waals surface area contributed by atoms with Crippen LogP contribution in [0.15, 0.2) is 0 Å². The minimum atomic E-state index is -0.761. The molecule has 1 atom stereocenters. The zero-order chi connectivity index (χ0) is 43.3. The maximum Gasteiger partial charge on any atom is 0.306 e. The van der Waals surface area contributed by atoms with E-state index in [0.29, 0.717) is 19.3 Å². The van der Waals surface area contributed by atoms with Crippen molar-refractivity contribution in [2.75, 3.05) is 13.2 Å². The van der Waals surface area contributed by atoms with E-state index in [9.17, 15) is 14.4 Å². The number of unbranched alkanes of at least 4 members (excludes halogenated alkanes) is 32. The Balaban J connectivity index is 4.27.